The van der Waals surface area contributed by atoms with E-state index in [1.807, 2.05) is 0 Å². The van der Waals surface area contributed by atoms with Crippen molar-refractivity contribution in [2.24, 2.45) is 5.92 Å². The molecule has 40 heavy (non-hydrogen) atoms. The van der Waals surface area contributed by atoms with E-state index in [0.29, 0.717) is 0 Å². The number of unbranched alkanes of at least 4 members (excludes halogenated alkanes) is 10. The summed E-state index contributed by atoms with van der Waals surface area (Å²) in [6.07, 6.45) is 24.9. The fourth-order valence-corrected chi connectivity index (χ4v) is 6.62. The first-order chi connectivity index (χ1) is 19.7. The van der Waals surface area contributed by atoms with Gasteiger partial charge in [-0.1, -0.05) is 139 Å². The fourth-order valence-electron chi connectivity index (χ4n) is 6.62. The molecule has 3 aromatic carbocycles. The van der Waals surface area contributed by atoms with Crippen LogP contribution in [0.3, 0.4) is 0 Å². The minimum atomic E-state index is 0.745. The summed E-state index contributed by atoms with van der Waals surface area (Å²) in [6, 6.07) is 22.8. The minimum Gasteiger partial charge on any atom is -0.0654 e. The van der Waals surface area contributed by atoms with Crippen molar-refractivity contribution in [3.63, 3.8) is 0 Å². The Labute approximate surface area is 246 Å². The monoisotopic (exact) mass is 534 g/mol. The van der Waals surface area contributed by atoms with Gasteiger partial charge < -0.3 is 0 Å². The molecule has 0 aromatic heterocycles. The Morgan fingerprint density at radius 2 is 1.12 bits per heavy atom. The zero-order valence-corrected chi connectivity index (χ0v) is 25.7. The third kappa shape index (κ3) is 10.1. The Hall–Kier alpha value is -2.52. The molecule has 214 valence electrons. The predicted molar refractivity (Wildman–Crippen MR) is 176 cm³/mol. The molecule has 0 radical (unpaired) electrons. The van der Waals surface area contributed by atoms with Gasteiger partial charge in [0, 0.05) is 11.1 Å². The van der Waals surface area contributed by atoms with Gasteiger partial charge in [0.25, 0.3) is 0 Å². The second-order valence-corrected chi connectivity index (χ2v) is 12.6. The molecule has 4 rings (SSSR count). The number of rotatable bonds is 15. The number of benzene rings is 3. The van der Waals surface area contributed by atoms with Crippen molar-refractivity contribution in [1.82, 2.24) is 0 Å². The molecular formula is C40H54. The zero-order valence-electron chi connectivity index (χ0n) is 25.7. The number of hydrogen-bond donors (Lipinski definition) is 0. The van der Waals surface area contributed by atoms with Gasteiger partial charge >= 0.3 is 0 Å². The molecule has 0 atom stereocenters. The van der Waals surface area contributed by atoms with Crippen molar-refractivity contribution >= 4 is 10.8 Å². The van der Waals surface area contributed by atoms with Gasteiger partial charge in [0.15, 0.2) is 0 Å². The van der Waals surface area contributed by atoms with Gasteiger partial charge in [-0.25, -0.2) is 0 Å². The van der Waals surface area contributed by atoms with Crippen LogP contribution < -0.4 is 0 Å². The predicted octanol–water partition coefficient (Wildman–Crippen LogP) is 12.2. The van der Waals surface area contributed by atoms with E-state index in [1.165, 1.54) is 137 Å². The van der Waals surface area contributed by atoms with Gasteiger partial charge in [0.05, 0.1) is 0 Å². The second-order valence-electron chi connectivity index (χ2n) is 12.6. The number of fused-ring (bicyclic) bond motifs is 1. The zero-order chi connectivity index (χ0) is 27.8. The summed E-state index contributed by atoms with van der Waals surface area (Å²) >= 11 is 0. The molecule has 1 saturated carbocycles. The molecule has 0 heteroatoms. The van der Waals surface area contributed by atoms with Crippen LogP contribution in [0.5, 0.6) is 0 Å². The molecule has 3 aromatic rings. The molecule has 0 spiro atoms. The average molecular weight is 535 g/mol. The van der Waals surface area contributed by atoms with Gasteiger partial charge in [-0.3, -0.25) is 0 Å². The van der Waals surface area contributed by atoms with E-state index in [9.17, 15) is 0 Å². The van der Waals surface area contributed by atoms with E-state index < -0.39 is 0 Å². The van der Waals surface area contributed by atoms with Crippen LogP contribution in [-0.4, -0.2) is 0 Å². The topological polar surface area (TPSA) is 0 Å². The van der Waals surface area contributed by atoms with Crippen molar-refractivity contribution in [2.45, 2.75) is 135 Å². The summed E-state index contributed by atoms with van der Waals surface area (Å²) in [7, 11) is 0. The molecule has 0 saturated heterocycles. The Morgan fingerprint density at radius 1 is 0.550 bits per heavy atom. The van der Waals surface area contributed by atoms with Crippen LogP contribution in [0.2, 0.25) is 0 Å². The maximum atomic E-state index is 3.42. The van der Waals surface area contributed by atoms with Crippen molar-refractivity contribution in [3.8, 4) is 11.8 Å². The molecule has 1 aliphatic rings. The summed E-state index contributed by atoms with van der Waals surface area (Å²) in [5.41, 5.74) is 5.21. The van der Waals surface area contributed by atoms with Crippen molar-refractivity contribution in [2.75, 3.05) is 0 Å². The summed E-state index contributed by atoms with van der Waals surface area (Å²) in [5.74, 6) is 8.55. The molecule has 0 nitrogen and oxygen atoms in total. The molecule has 0 bridgehead atoms. The van der Waals surface area contributed by atoms with Gasteiger partial charge in [0.2, 0.25) is 0 Å². The highest BCUT2D eigenvalue weighted by atomic mass is 14.3. The lowest BCUT2D eigenvalue weighted by Crippen LogP contribution is -2.13. The first kappa shape index (κ1) is 30.4. The SMILES string of the molecule is CCCCCCCCc1ccc2cc(C#Cc3ccc([C@H]4CC[C@H](CCCCCCCC)CC4)cc3)ccc2c1. The largest absolute Gasteiger partial charge is 0.0654 e. The molecule has 0 amide bonds. The van der Waals surface area contributed by atoms with Crippen LogP contribution in [0.4, 0.5) is 0 Å². The third-order valence-electron chi connectivity index (χ3n) is 9.27. The van der Waals surface area contributed by atoms with E-state index >= 15 is 0 Å². The van der Waals surface area contributed by atoms with Crippen LogP contribution >= 0.6 is 0 Å². The number of aryl methyl sites for hydroxylation is 1. The highest BCUT2D eigenvalue weighted by molar-refractivity contribution is 5.84. The highest BCUT2D eigenvalue weighted by Gasteiger charge is 2.21. The van der Waals surface area contributed by atoms with E-state index in [2.05, 4.69) is 86.4 Å². The summed E-state index contributed by atoms with van der Waals surface area (Å²) < 4.78 is 0. The van der Waals surface area contributed by atoms with Crippen molar-refractivity contribution in [1.29, 1.82) is 0 Å². The standard InChI is InChI=1S/C40H54/c1-3-5-7-9-11-13-15-33-19-25-37(26-20-33)38-27-21-34(22-28-38)17-18-36-24-30-39-31-35(23-29-40(39)32-36)16-14-12-10-8-6-4-2/h21-24,27-33,37H,3-16,19-20,25-26H2,1-2H3/t33-,37-. The van der Waals surface area contributed by atoms with E-state index in [1.54, 1.807) is 0 Å². The molecule has 0 heterocycles. The van der Waals surface area contributed by atoms with Crippen LogP contribution in [0.15, 0.2) is 60.7 Å². The van der Waals surface area contributed by atoms with E-state index in [-0.39, 0.29) is 0 Å². The lowest BCUT2D eigenvalue weighted by molar-refractivity contribution is 0.302. The highest BCUT2D eigenvalue weighted by Crippen LogP contribution is 2.37. The minimum absolute atomic E-state index is 0.745. The van der Waals surface area contributed by atoms with E-state index in [4.69, 9.17) is 0 Å². The van der Waals surface area contributed by atoms with Crippen molar-refractivity contribution in [3.05, 3.63) is 82.9 Å². The molecule has 1 aliphatic carbocycles. The Balaban J connectivity index is 1.22. The van der Waals surface area contributed by atoms with Crippen molar-refractivity contribution < 1.29 is 0 Å². The van der Waals surface area contributed by atoms with Crippen LogP contribution in [0.25, 0.3) is 10.8 Å². The van der Waals surface area contributed by atoms with Gasteiger partial charge in [-0.05, 0) is 96.5 Å². The maximum Gasteiger partial charge on any atom is 0.0255 e. The normalized spacial score (nSPS) is 17.1. The lowest BCUT2D eigenvalue weighted by Gasteiger charge is -2.29. The smallest absolute Gasteiger partial charge is 0.0255 e. The van der Waals surface area contributed by atoms with Gasteiger partial charge in [-0.2, -0.15) is 0 Å². The molecule has 0 aliphatic heterocycles. The second kappa shape index (κ2) is 17.3. The third-order valence-corrected chi connectivity index (χ3v) is 9.27. The van der Waals surface area contributed by atoms with Crippen LogP contribution in [-0.2, 0) is 6.42 Å². The van der Waals surface area contributed by atoms with Gasteiger partial charge in [0.1, 0.15) is 0 Å². The first-order valence-electron chi connectivity index (χ1n) is 16.9. The Morgan fingerprint density at radius 3 is 1.85 bits per heavy atom. The molecule has 0 N–H and O–H groups in total. The Bertz CT molecular complexity index is 1180. The van der Waals surface area contributed by atoms with Crippen LogP contribution in [0.1, 0.15) is 151 Å². The lowest BCUT2D eigenvalue weighted by atomic mass is 9.77. The molecule has 0 unspecified atom stereocenters. The summed E-state index contributed by atoms with van der Waals surface area (Å²) in [6.45, 7) is 4.59. The summed E-state index contributed by atoms with van der Waals surface area (Å²) in [5, 5.41) is 2.63. The van der Waals surface area contributed by atoms with E-state index in [0.717, 1.165) is 23.0 Å². The average Bonchev–Trinajstić information content (AvgIpc) is 3.00. The quantitative estimate of drug-likeness (QED) is 0.134. The molecule has 1 fully saturated rings. The molecular weight excluding hydrogens is 480 g/mol. The first-order valence-corrected chi connectivity index (χ1v) is 16.9. The maximum absolute atomic E-state index is 3.42. The fraction of sp³-hybridized carbons (Fsp3) is 0.550. The Kier molecular flexibility index (Phi) is 13.2. The number of hydrogen-bond acceptors (Lipinski definition) is 0. The van der Waals surface area contributed by atoms with Crippen LogP contribution in [0, 0.1) is 17.8 Å². The summed E-state index contributed by atoms with van der Waals surface area (Å²) in [4.78, 5) is 0. The van der Waals surface area contributed by atoms with Gasteiger partial charge in [-0.15, -0.1) is 0 Å².